The van der Waals surface area contributed by atoms with Crippen molar-refractivity contribution >= 4 is 23.6 Å². The minimum Gasteiger partial charge on any atom is -0.508 e. The summed E-state index contributed by atoms with van der Waals surface area (Å²) in [4.78, 5) is 43.2. The number of amides is 3. The van der Waals surface area contributed by atoms with Crippen LogP contribution in [0.25, 0.3) is 0 Å². The van der Waals surface area contributed by atoms with E-state index in [2.05, 4.69) is 10.6 Å². The summed E-state index contributed by atoms with van der Waals surface area (Å²) in [6.07, 6.45) is 0.604. The van der Waals surface area contributed by atoms with Crippen molar-refractivity contribution in [3.63, 3.8) is 0 Å². The second kappa shape index (κ2) is 14.8. The fraction of sp³-hybridized carbons (Fsp3) is 0.400. The molecule has 0 fully saturated rings. The molecule has 9 nitrogen and oxygen atoms in total. The number of alkyl carbamates (subject to hydrolysis) is 1. The third kappa shape index (κ3) is 8.99. The van der Waals surface area contributed by atoms with Crippen LogP contribution >= 0.6 is 0 Å². The molecule has 2 unspecified atom stereocenters. The Morgan fingerprint density at radius 3 is 2.07 bits per heavy atom. The Morgan fingerprint density at radius 2 is 1.48 bits per heavy atom. The minimum atomic E-state index is -1.21. The molecule has 3 aromatic carbocycles. The molecule has 4 N–H and O–H groups in total. The highest BCUT2D eigenvalue weighted by molar-refractivity contribution is 6.00. The van der Waals surface area contributed by atoms with Gasteiger partial charge in [-0.1, -0.05) is 61.9 Å². The highest BCUT2D eigenvalue weighted by Crippen LogP contribution is 2.34. The van der Waals surface area contributed by atoms with Gasteiger partial charge in [0.2, 0.25) is 5.91 Å². The molecule has 0 saturated heterocycles. The normalized spacial score (nSPS) is 12.6. The monoisotopic (exact) mass is 603 g/mol. The number of nitrogens with one attached hydrogen (secondary N) is 2. The summed E-state index contributed by atoms with van der Waals surface area (Å²) in [5, 5.41) is 26.7. The van der Waals surface area contributed by atoms with E-state index in [4.69, 9.17) is 4.74 Å². The summed E-state index contributed by atoms with van der Waals surface area (Å²) < 4.78 is 5.49. The predicted molar refractivity (Wildman–Crippen MR) is 172 cm³/mol. The van der Waals surface area contributed by atoms with Crippen LogP contribution in [0.5, 0.6) is 11.5 Å². The van der Waals surface area contributed by atoms with Gasteiger partial charge in [0, 0.05) is 24.2 Å². The first-order valence-electron chi connectivity index (χ1n) is 14.9. The zero-order valence-electron chi connectivity index (χ0n) is 26.7. The van der Waals surface area contributed by atoms with E-state index in [1.54, 1.807) is 58.0 Å². The zero-order chi connectivity index (χ0) is 32.6. The predicted octanol–water partition coefficient (Wildman–Crippen LogP) is 6.47. The van der Waals surface area contributed by atoms with Gasteiger partial charge in [-0.2, -0.15) is 0 Å². The topological polar surface area (TPSA) is 128 Å². The highest BCUT2D eigenvalue weighted by Gasteiger charge is 2.38. The smallest absolute Gasteiger partial charge is 0.408 e. The van der Waals surface area contributed by atoms with Crippen LogP contribution in [0, 0.1) is 20.8 Å². The number of phenolic OH excluding ortho intramolecular Hbond substituents is 2. The van der Waals surface area contributed by atoms with E-state index in [9.17, 15) is 24.6 Å². The van der Waals surface area contributed by atoms with Gasteiger partial charge < -0.3 is 30.5 Å². The molecule has 0 radical (unpaired) electrons. The number of nitrogens with zero attached hydrogens (tertiary/aromatic N) is 1. The Morgan fingerprint density at radius 1 is 0.886 bits per heavy atom. The first-order chi connectivity index (χ1) is 20.7. The van der Waals surface area contributed by atoms with Crippen molar-refractivity contribution in [1.29, 1.82) is 0 Å². The van der Waals surface area contributed by atoms with E-state index in [-0.39, 0.29) is 30.0 Å². The van der Waals surface area contributed by atoms with Crippen molar-refractivity contribution < 1.29 is 29.3 Å². The van der Waals surface area contributed by atoms with Crippen LogP contribution < -0.4 is 10.6 Å². The van der Waals surface area contributed by atoms with E-state index >= 15 is 0 Å². The van der Waals surface area contributed by atoms with Crippen molar-refractivity contribution in [3.05, 3.63) is 88.5 Å². The van der Waals surface area contributed by atoms with Gasteiger partial charge in [0.05, 0.1) is 0 Å². The van der Waals surface area contributed by atoms with E-state index in [1.165, 1.54) is 17.0 Å². The molecule has 3 amide bonds. The van der Waals surface area contributed by atoms with Crippen LogP contribution in [-0.2, 0) is 20.7 Å². The summed E-state index contributed by atoms with van der Waals surface area (Å²) >= 11 is 0. The SMILES string of the molecule is CCCCN(C(=O)C(Cc1ccc(O)cc1)NC(=O)OC(C)(C)C)C(C(=O)Nc1c(C)cccc1C)c1cccc(C)c1O. The lowest BCUT2D eigenvalue weighted by atomic mass is 9.97. The summed E-state index contributed by atoms with van der Waals surface area (Å²) in [7, 11) is 0. The van der Waals surface area contributed by atoms with Gasteiger partial charge in [0.15, 0.2) is 0 Å². The third-order valence-corrected chi connectivity index (χ3v) is 7.25. The number of rotatable bonds is 11. The molecular weight excluding hydrogens is 558 g/mol. The molecule has 0 saturated carbocycles. The van der Waals surface area contributed by atoms with Crippen LogP contribution in [0.15, 0.2) is 60.7 Å². The molecule has 3 aromatic rings. The van der Waals surface area contributed by atoms with Crippen molar-refractivity contribution in [2.75, 3.05) is 11.9 Å². The second-order valence-corrected chi connectivity index (χ2v) is 12.1. The lowest BCUT2D eigenvalue weighted by Gasteiger charge is -2.35. The number of aromatic hydroxyl groups is 2. The molecule has 0 spiro atoms. The maximum atomic E-state index is 14.6. The average Bonchev–Trinajstić information content (AvgIpc) is 2.94. The van der Waals surface area contributed by atoms with Crippen molar-refractivity contribution in [1.82, 2.24) is 10.2 Å². The summed E-state index contributed by atoms with van der Waals surface area (Å²) in [5.74, 6) is -1.02. The van der Waals surface area contributed by atoms with Gasteiger partial charge in [-0.15, -0.1) is 0 Å². The Kier molecular flexibility index (Phi) is 11.4. The van der Waals surface area contributed by atoms with Crippen LogP contribution in [0.4, 0.5) is 10.5 Å². The van der Waals surface area contributed by atoms with E-state index in [0.717, 1.165) is 17.5 Å². The molecule has 9 heteroatoms. The second-order valence-electron chi connectivity index (χ2n) is 12.1. The molecule has 0 heterocycles. The number of aryl methyl sites for hydroxylation is 3. The molecule has 236 valence electrons. The van der Waals surface area contributed by atoms with Crippen molar-refractivity contribution in [2.45, 2.75) is 85.4 Å². The maximum absolute atomic E-state index is 14.6. The lowest BCUT2D eigenvalue weighted by Crippen LogP contribution is -2.53. The molecule has 0 aliphatic heterocycles. The minimum absolute atomic E-state index is 0.0689. The quantitative estimate of drug-likeness (QED) is 0.199. The molecule has 0 bridgehead atoms. The number of para-hydroxylation sites is 2. The van der Waals surface area contributed by atoms with Crippen LogP contribution in [0.1, 0.15) is 74.4 Å². The zero-order valence-corrected chi connectivity index (χ0v) is 26.7. The molecular formula is C35H45N3O6. The molecule has 0 aromatic heterocycles. The van der Waals surface area contributed by atoms with E-state index in [1.807, 2.05) is 39.0 Å². The van der Waals surface area contributed by atoms with Crippen LogP contribution in [-0.4, -0.2) is 51.2 Å². The number of anilines is 1. The van der Waals surface area contributed by atoms with Gasteiger partial charge in [-0.3, -0.25) is 9.59 Å². The number of hydrogen-bond donors (Lipinski definition) is 4. The first-order valence-corrected chi connectivity index (χ1v) is 14.9. The fourth-order valence-corrected chi connectivity index (χ4v) is 4.97. The van der Waals surface area contributed by atoms with Gasteiger partial charge >= 0.3 is 6.09 Å². The van der Waals surface area contributed by atoms with Gasteiger partial charge in [-0.25, -0.2) is 4.79 Å². The number of benzene rings is 3. The van der Waals surface area contributed by atoms with Crippen molar-refractivity contribution in [3.8, 4) is 11.5 Å². The standard InChI is InChI=1S/C35H45N3O6/c1-8-9-20-38(33(42)28(36-34(43)44-35(5,6)7)21-25-16-18-26(39)19-17-25)30(27-15-11-14-24(4)31(27)40)32(41)37-29-22(2)12-10-13-23(29)3/h10-19,28,30,39-40H,8-9,20-21H2,1-7H3,(H,36,43)(H,37,41). The van der Waals surface area contributed by atoms with Gasteiger partial charge in [0.25, 0.3) is 5.91 Å². The number of ether oxygens (including phenoxy) is 1. The Bertz CT molecular complexity index is 1440. The number of carbonyl (C=O) groups is 3. The molecule has 0 aliphatic rings. The van der Waals surface area contributed by atoms with E-state index in [0.29, 0.717) is 23.2 Å². The Balaban J connectivity index is 2.13. The highest BCUT2D eigenvalue weighted by atomic mass is 16.6. The average molecular weight is 604 g/mol. The summed E-state index contributed by atoms with van der Waals surface area (Å²) in [6, 6.07) is 14.8. The molecule has 0 aliphatic carbocycles. The largest absolute Gasteiger partial charge is 0.508 e. The van der Waals surface area contributed by atoms with Gasteiger partial charge in [0.1, 0.15) is 29.2 Å². The fourth-order valence-electron chi connectivity index (χ4n) is 4.97. The maximum Gasteiger partial charge on any atom is 0.408 e. The number of hydrogen-bond acceptors (Lipinski definition) is 6. The first kappa shape index (κ1) is 34.0. The molecule has 2 atom stereocenters. The van der Waals surface area contributed by atoms with Gasteiger partial charge in [-0.05, 0) is 82.3 Å². The van der Waals surface area contributed by atoms with Crippen LogP contribution in [0.2, 0.25) is 0 Å². The number of phenols is 2. The molecule has 3 rings (SSSR count). The van der Waals surface area contributed by atoms with Crippen molar-refractivity contribution in [2.24, 2.45) is 0 Å². The lowest BCUT2D eigenvalue weighted by molar-refractivity contribution is -0.141. The number of carbonyl (C=O) groups excluding carboxylic acids is 3. The summed E-state index contributed by atoms with van der Waals surface area (Å²) in [6.45, 7) is 12.9. The Hall–Kier alpha value is -4.53. The summed E-state index contributed by atoms with van der Waals surface area (Å²) in [5.41, 5.74) is 3.05. The van der Waals surface area contributed by atoms with E-state index < -0.39 is 35.6 Å². The molecule has 44 heavy (non-hydrogen) atoms. The van der Waals surface area contributed by atoms with Crippen LogP contribution in [0.3, 0.4) is 0 Å². The third-order valence-electron chi connectivity index (χ3n) is 7.25. The number of unbranched alkanes of at least 4 members (excludes halogenated alkanes) is 1. The Labute approximate surface area is 260 Å².